The molecule has 114 valence electrons. The number of hydrogen-bond donors (Lipinski definition) is 1. The molecule has 1 aromatic carbocycles. The van der Waals surface area contributed by atoms with Crippen LogP contribution in [0.2, 0.25) is 0 Å². The second kappa shape index (κ2) is 5.51. The summed E-state index contributed by atoms with van der Waals surface area (Å²) in [5.41, 5.74) is 2.04. The molecule has 1 aromatic heterocycles. The summed E-state index contributed by atoms with van der Waals surface area (Å²) < 4.78 is 2.28. The van der Waals surface area contributed by atoms with Crippen molar-refractivity contribution in [2.45, 2.75) is 58.9 Å². The van der Waals surface area contributed by atoms with Gasteiger partial charge >= 0.3 is 5.97 Å². The fourth-order valence-electron chi connectivity index (χ4n) is 2.98. The summed E-state index contributed by atoms with van der Waals surface area (Å²) >= 11 is 0. The van der Waals surface area contributed by atoms with Crippen LogP contribution in [0.15, 0.2) is 18.2 Å². The Bertz CT molecular complexity index is 669. The Hall–Kier alpha value is -1.84. The van der Waals surface area contributed by atoms with Crippen molar-refractivity contribution >= 4 is 17.0 Å². The number of benzene rings is 1. The third-order valence-electron chi connectivity index (χ3n) is 3.91. The molecule has 0 aliphatic heterocycles. The van der Waals surface area contributed by atoms with Gasteiger partial charge in [-0.1, -0.05) is 27.2 Å². The minimum absolute atomic E-state index is 0.0339. The minimum Gasteiger partial charge on any atom is -0.478 e. The molecule has 0 radical (unpaired) electrons. The molecule has 0 aliphatic carbocycles. The van der Waals surface area contributed by atoms with E-state index in [0.717, 1.165) is 29.7 Å². The second-order valence-corrected chi connectivity index (χ2v) is 6.53. The van der Waals surface area contributed by atoms with Gasteiger partial charge in [0.05, 0.1) is 16.6 Å². The Kier molecular flexibility index (Phi) is 4.08. The lowest BCUT2D eigenvalue weighted by Gasteiger charge is -2.30. The summed E-state index contributed by atoms with van der Waals surface area (Å²) in [6.07, 6.45) is 2.15. The Morgan fingerprint density at radius 3 is 2.57 bits per heavy atom. The predicted molar refractivity (Wildman–Crippen MR) is 85.0 cm³/mol. The molecular weight excluding hydrogens is 264 g/mol. The lowest BCUT2D eigenvalue weighted by Crippen LogP contribution is -2.28. The summed E-state index contributed by atoms with van der Waals surface area (Å²) in [7, 11) is 0. The topological polar surface area (TPSA) is 55.1 Å². The van der Waals surface area contributed by atoms with Crippen LogP contribution in [-0.4, -0.2) is 20.6 Å². The van der Waals surface area contributed by atoms with E-state index in [-0.39, 0.29) is 11.1 Å². The van der Waals surface area contributed by atoms with E-state index in [9.17, 15) is 4.79 Å². The van der Waals surface area contributed by atoms with E-state index in [2.05, 4.69) is 39.2 Å². The number of nitrogens with zero attached hydrogens (tertiary/aromatic N) is 2. The van der Waals surface area contributed by atoms with Crippen molar-refractivity contribution < 1.29 is 9.90 Å². The van der Waals surface area contributed by atoms with Crippen LogP contribution in [0.5, 0.6) is 0 Å². The highest BCUT2D eigenvalue weighted by Crippen LogP contribution is 2.32. The number of fused-ring (bicyclic) bond motifs is 1. The largest absolute Gasteiger partial charge is 0.478 e. The van der Waals surface area contributed by atoms with Crippen LogP contribution in [0.25, 0.3) is 11.0 Å². The minimum atomic E-state index is -0.912. The van der Waals surface area contributed by atoms with Crippen LogP contribution in [-0.2, 0) is 5.54 Å². The zero-order valence-corrected chi connectivity index (χ0v) is 13.5. The number of aromatic nitrogens is 2. The predicted octanol–water partition coefficient (Wildman–Crippen LogP) is 4.39. The lowest BCUT2D eigenvalue weighted by atomic mass is 9.97. The van der Waals surface area contributed by atoms with Gasteiger partial charge in [0.2, 0.25) is 0 Å². The van der Waals surface area contributed by atoms with E-state index in [1.165, 1.54) is 0 Å². The first-order chi connectivity index (χ1) is 9.77. The quantitative estimate of drug-likeness (QED) is 0.887. The molecular formula is C17H24N2O2. The highest BCUT2D eigenvalue weighted by atomic mass is 16.4. The molecule has 1 N–H and O–H groups in total. The van der Waals surface area contributed by atoms with Crippen LogP contribution in [0.1, 0.15) is 69.6 Å². The first kappa shape index (κ1) is 15.5. The van der Waals surface area contributed by atoms with Gasteiger partial charge in [0.25, 0.3) is 0 Å². The van der Waals surface area contributed by atoms with E-state index >= 15 is 0 Å². The molecule has 0 bridgehead atoms. The fraction of sp³-hybridized carbons (Fsp3) is 0.529. The molecule has 0 fully saturated rings. The van der Waals surface area contributed by atoms with Crippen molar-refractivity contribution in [3.63, 3.8) is 0 Å². The van der Waals surface area contributed by atoms with Gasteiger partial charge in [-0.2, -0.15) is 0 Å². The molecule has 21 heavy (non-hydrogen) atoms. The zero-order valence-electron chi connectivity index (χ0n) is 13.5. The van der Waals surface area contributed by atoms with E-state index in [0.29, 0.717) is 5.92 Å². The highest BCUT2D eigenvalue weighted by Gasteiger charge is 2.26. The van der Waals surface area contributed by atoms with Gasteiger partial charge < -0.3 is 9.67 Å². The lowest BCUT2D eigenvalue weighted by molar-refractivity contribution is 0.0697. The maximum atomic E-state index is 11.1. The first-order valence-electron chi connectivity index (χ1n) is 7.54. The molecule has 0 saturated carbocycles. The van der Waals surface area contributed by atoms with E-state index in [4.69, 9.17) is 10.1 Å². The summed E-state index contributed by atoms with van der Waals surface area (Å²) in [5, 5.41) is 9.14. The highest BCUT2D eigenvalue weighted by molar-refractivity contribution is 5.92. The first-order valence-corrected chi connectivity index (χ1v) is 7.54. The monoisotopic (exact) mass is 288 g/mol. The molecule has 2 rings (SSSR count). The van der Waals surface area contributed by atoms with Crippen LogP contribution in [0.4, 0.5) is 0 Å². The standard InChI is InChI=1S/C17H24N2O2/c1-6-9-17(4,5)19-14-8-7-12(16(20)21)10-13(14)18-15(19)11(2)3/h7-8,10-11H,6,9H2,1-5H3,(H,20,21). The number of imidazole rings is 1. The van der Waals surface area contributed by atoms with Gasteiger partial charge in [0.1, 0.15) is 5.82 Å². The molecule has 0 spiro atoms. The Morgan fingerprint density at radius 1 is 1.38 bits per heavy atom. The van der Waals surface area contributed by atoms with E-state index < -0.39 is 5.97 Å². The van der Waals surface area contributed by atoms with Crippen molar-refractivity contribution in [3.05, 3.63) is 29.6 Å². The molecule has 4 nitrogen and oxygen atoms in total. The number of carbonyl (C=O) groups is 1. The van der Waals surface area contributed by atoms with Crippen LogP contribution in [0, 0.1) is 0 Å². The Balaban J connectivity index is 2.72. The van der Waals surface area contributed by atoms with E-state index in [1.54, 1.807) is 12.1 Å². The molecule has 0 amide bonds. The van der Waals surface area contributed by atoms with Crippen molar-refractivity contribution in [3.8, 4) is 0 Å². The van der Waals surface area contributed by atoms with Crippen molar-refractivity contribution in [2.75, 3.05) is 0 Å². The van der Waals surface area contributed by atoms with Gasteiger partial charge in [0.15, 0.2) is 0 Å². The van der Waals surface area contributed by atoms with Crippen molar-refractivity contribution in [2.24, 2.45) is 0 Å². The van der Waals surface area contributed by atoms with E-state index in [1.807, 2.05) is 6.07 Å². The number of carboxylic acids is 1. The number of hydrogen-bond acceptors (Lipinski definition) is 2. The summed E-state index contributed by atoms with van der Waals surface area (Å²) in [6, 6.07) is 5.21. The number of rotatable bonds is 5. The Morgan fingerprint density at radius 2 is 2.05 bits per heavy atom. The molecule has 0 saturated heterocycles. The average Bonchev–Trinajstić information content (AvgIpc) is 2.77. The zero-order chi connectivity index (χ0) is 15.8. The fourth-order valence-corrected chi connectivity index (χ4v) is 2.98. The number of carboxylic acid groups (broad SMARTS) is 1. The molecule has 4 heteroatoms. The molecule has 0 aliphatic rings. The third kappa shape index (κ3) is 2.80. The Labute approximate surface area is 125 Å². The van der Waals surface area contributed by atoms with Gasteiger partial charge in [-0.15, -0.1) is 0 Å². The molecule has 0 unspecified atom stereocenters. The maximum absolute atomic E-state index is 11.1. The average molecular weight is 288 g/mol. The third-order valence-corrected chi connectivity index (χ3v) is 3.91. The van der Waals surface area contributed by atoms with Gasteiger partial charge in [-0.25, -0.2) is 9.78 Å². The van der Waals surface area contributed by atoms with Gasteiger partial charge in [0, 0.05) is 11.5 Å². The van der Waals surface area contributed by atoms with Crippen LogP contribution >= 0.6 is 0 Å². The second-order valence-electron chi connectivity index (χ2n) is 6.53. The van der Waals surface area contributed by atoms with Crippen molar-refractivity contribution in [1.29, 1.82) is 0 Å². The van der Waals surface area contributed by atoms with Crippen molar-refractivity contribution in [1.82, 2.24) is 9.55 Å². The molecule has 1 heterocycles. The van der Waals surface area contributed by atoms with Crippen LogP contribution < -0.4 is 0 Å². The van der Waals surface area contributed by atoms with Crippen LogP contribution in [0.3, 0.4) is 0 Å². The van der Waals surface area contributed by atoms with Gasteiger partial charge in [-0.05, 0) is 38.5 Å². The SMILES string of the molecule is CCCC(C)(C)n1c(C(C)C)nc2cc(C(=O)O)ccc21. The maximum Gasteiger partial charge on any atom is 0.335 e. The molecule has 2 aromatic rings. The summed E-state index contributed by atoms with van der Waals surface area (Å²) in [5.74, 6) is 0.401. The number of aromatic carboxylic acids is 1. The van der Waals surface area contributed by atoms with Gasteiger partial charge in [-0.3, -0.25) is 0 Å². The smallest absolute Gasteiger partial charge is 0.335 e. The summed E-state index contributed by atoms with van der Waals surface area (Å²) in [6.45, 7) is 10.9. The molecule has 0 atom stereocenters. The normalized spacial score (nSPS) is 12.3. The summed E-state index contributed by atoms with van der Waals surface area (Å²) in [4.78, 5) is 15.8.